The van der Waals surface area contributed by atoms with Crippen molar-refractivity contribution in [2.75, 3.05) is 5.73 Å². The second-order valence-electron chi connectivity index (χ2n) is 5.37. The van der Waals surface area contributed by atoms with Gasteiger partial charge in [0.2, 0.25) is 0 Å². The highest BCUT2D eigenvalue weighted by Crippen LogP contribution is 2.27. The van der Waals surface area contributed by atoms with E-state index in [9.17, 15) is 8.78 Å². The van der Waals surface area contributed by atoms with E-state index in [1.165, 1.54) is 12.1 Å². The number of rotatable bonds is 2. The van der Waals surface area contributed by atoms with Crippen molar-refractivity contribution >= 4 is 18.9 Å². The van der Waals surface area contributed by atoms with Gasteiger partial charge in [-0.05, 0) is 23.4 Å². The summed E-state index contributed by atoms with van der Waals surface area (Å²) in [7, 11) is -1.89. The van der Waals surface area contributed by atoms with Crippen LogP contribution in [-0.2, 0) is 0 Å². The van der Waals surface area contributed by atoms with E-state index in [1.54, 1.807) is 12.3 Å². The lowest BCUT2D eigenvalue weighted by atomic mass is 10.1. The van der Waals surface area contributed by atoms with Gasteiger partial charge in [-0.3, -0.25) is 0 Å². The summed E-state index contributed by atoms with van der Waals surface area (Å²) in [6, 6.07) is 4.15. The zero-order valence-electron chi connectivity index (χ0n) is 10.6. The largest absolute Gasteiger partial charge is 0.397 e. The molecule has 0 saturated heterocycles. The number of aromatic amines is 1. The van der Waals surface area contributed by atoms with Crippen LogP contribution in [0.4, 0.5) is 14.5 Å². The van der Waals surface area contributed by atoms with E-state index in [1.807, 2.05) is 19.6 Å². The van der Waals surface area contributed by atoms with Gasteiger partial charge in [-0.1, -0.05) is 19.6 Å². The van der Waals surface area contributed by atoms with E-state index < -0.39 is 13.9 Å². The second-order valence-corrected chi connectivity index (χ2v) is 10.4. The number of hydrogen-bond donors (Lipinski definition) is 2. The van der Waals surface area contributed by atoms with Crippen LogP contribution in [0.1, 0.15) is 0 Å². The SMILES string of the molecule is C[Si](C)(C)c1cc(F)c(-c2[nH]ccc2N)cc1F. The molecular weight excluding hydrogens is 250 g/mol. The molecule has 3 N–H and O–H groups in total. The molecule has 2 rings (SSSR count). The van der Waals surface area contributed by atoms with Gasteiger partial charge in [0.25, 0.3) is 0 Å². The highest BCUT2D eigenvalue weighted by atomic mass is 28.3. The molecule has 1 aromatic carbocycles. The Bertz CT molecular complexity index is 585. The van der Waals surface area contributed by atoms with Crippen LogP contribution in [0, 0.1) is 11.6 Å². The van der Waals surface area contributed by atoms with Crippen molar-refractivity contribution in [2.24, 2.45) is 0 Å². The van der Waals surface area contributed by atoms with Gasteiger partial charge in [-0.15, -0.1) is 0 Å². The maximum atomic E-state index is 14.1. The molecule has 0 bridgehead atoms. The molecule has 0 aliphatic carbocycles. The van der Waals surface area contributed by atoms with E-state index in [0.717, 1.165) is 0 Å². The molecule has 0 radical (unpaired) electrons. The van der Waals surface area contributed by atoms with E-state index in [2.05, 4.69) is 4.98 Å². The van der Waals surface area contributed by atoms with Crippen molar-refractivity contribution in [2.45, 2.75) is 19.6 Å². The Kier molecular flexibility index (Phi) is 3.02. The topological polar surface area (TPSA) is 41.8 Å². The summed E-state index contributed by atoms with van der Waals surface area (Å²) in [6.45, 7) is 5.94. The maximum absolute atomic E-state index is 14.1. The Morgan fingerprint density at radius 2 is 1.78 bits per heavy atom. The quantitative estimate of drug-likeness (QED) is 0.806. The summed E-state index contributed by atoms with van der Waals surface area (Å²) in [6.07, 6.45) is 1.61. The highest BCUT2D eigenvalue weighted by Gasteiger charge is 2.23. The number of anilines is 1. The Labute approximate surface area is 106 Å². The molecule has 0 amide bonds. The first-order valence-corrected chi connectivity index (χ1v) is 9.23. The molecule has 18 heavy (non-hydrogen) atoms. The first-order valence-electron chi connectivity index (χ1n) is 5.73. The van der Waals surface area contributed by atoms with Crippen LogP contribution >= 0.6 is 0 Å². The minimum Gasteiger partial charge on any atom is -0.397 e. The van der Waals surface area contributed by atoms with E-state index in [0.29, 0.717) is 16.6 Å². The normalized spacial score (nSPS) is 11.8. The standard InChI is InChI=1S/C13H16F2N2Si/c1-18(2,3)12-7-9(14)8(6-10(12)15)13-11(16)4-5-17-13/h4-7,17H,16H2,1-3H3. The predicted molar refractivity (Wildman–Crippen MR) is 73.5 cm³/mol. The minimum absolute atomic E-state index is 0.178. The van der Waals surface area contributed by atoms with Crippen LogP contribution in [0.15, 0.2) is 24.4 Å². The van der Waals surface area contributed by atoms with E-state index in [4.69, 9.17) is 5.73 Å². The Morgan fingerprint density at radius 1 is 1.11 bits per heavy atom. The summed E-state index contributed by atoms with van der Waals surface area (Å²) in [4.78, 5) is 2.83. The molecule has 0 aliphatic rings. The van der Waals surface area contributed by atoms with Crippen LogP contribution in [0.2, 0.25) is 19.6 Å². The van der Waals surface area contributed by atoms with Crippen LogP contribution < -0.4 is 10.9 Å². The third kappa shape index (κ3) is 2.18. The smallest absolute Gasteiger partial charge is 0.132 e. The number of nitrogen functional groups attached to an aromatic ring is 1. The van der Waals surface area contributed by atoms with Gasteiger partial charge in [-0.2, -0.15) is 0 Å². The van der Waals surface area contributed by atoms with Crippen LogP contribution in [0.3, 0.4) is 0 Å². The molecule has 1 aromatic heterocycles. The van der Waals surface area contributed by atoms with Crippen molar-refractivity contribution < 1.29 is 8.78 Å². The third-order valence-electron chi connectivity index (χ3n) is 2.91. The summed E-state index contributed by atoms with van der Waals surface area (Å²) in [5, 5.41) is 0.494. The van der Waals surface area contributed by atoms with Crippen LogP contribution in [-0.4, -0.2) is 13.1 Å². The molecule has 5 heteroatoms. The lowest BCUT2D eigenvalue weighted by Crippen LogP contribution is -2.40. The Hall–Kier alpha value is -1.62. The summed E-state index contributed by atoms with van der Waals surface area (Å²) < 4.78 is 28.1. The number of halogens is 2. The summed E-state index contributed by atoms with van der Waals surface area (Å²) in [5.41, 5.74) is 6.72. The second kappa shape index (κ2) is 4.24. The summed E-state index contributed by atoms with van der Waals surface area (Å²) >= 11 is 0. The molecule has 0 atom stereocenters. The molecule has 0 spiro atoms. The van der Waals surface area contributed by atoms with Gasteiger partial charge in [-0.25, -0.2) is 8.78 Å². The van der Waals surface area contributed by atoms with Gasteiger partial charge < -0.3 is 10.7 Å². The van der Waals surface area contributed by atoms with Gasteiger partial charge in [0.05, 0.1) is 19.5 Å². The van der Waals surface area contributed by atoms with Gasteiger partial charge >= 0.3 is 0 Å². The van der Waals surface area contributed by atoms with Gasteiger partial charge in [0.1, 0.15) is 11.6 Å². The number of nitrogens with one attached hydrogen (secondary N) is 1. The number of H-pyrrole nitrogens is 1. The fourth-order valence-electron chi connectivity index (χ4n) is 1.93. The lowest BCUT2D eigenvalue weighted by molar-refractivity contribution is 0.609. The fourth-order valence-corrected chi connectivity index (χ4v) is 3.28. The molecule has 0 saturated carbocycles. The maximum Gasteiger partial charge on any atom is 0.132 e. The van der Waals surface area contributed by atoms with E-state index >= 15 is 0 Å². The third-order valence-corrected chi connectivity index (χ3v) is 4.91. The van der Waals surface area contributed by atoms with Gasteiger partial charge in [0.15, 0.2) is 0 Å². The Balaban J connectivity index is 2.61. The lowest BCUT2D eigenvalue weighted by Gasteiger charge is -2.18. The first kappa shape index (κ1) is 12.8. The van der Waals surface area contributed by atoms with Crippen LogP contribution in [0.25, 0.3) is 11.3 Å². The molecule has 2 aromatic rings. The minimum atomic E-state index is -1.89. The van der Waals surface area contributed by atoms with Crippen molar-refractivity contribution in [1.29, 1.82) is 0 Å². The van der Waals surface area contributed by atoms with E-state index in [-0.39, 0.29) is 11.4 Å². The average Bonchev–Trinajstić information content (AvgIpc) is 2.66. The van der Waals surface area contributed by atoms with Gasteiger partial charge in [0, 0.05) is 11.8 Å². The fraction of sp³-hybridized carbons (Fsp3) is 0.231. The number of hydrogen-bond acceptors (Lipinski definition) is 1. The van der Waals surface area contributed by atoms with Crippen molar-refractivity contribution in [3.05, 3.63) is 36.0 Å². The zero-order chi connectivity index (χ0) is 13.5. The average molecular weight is 266 g/mol. The molecule has 2 nitrogen and oxygen atoms in total. The predicted octanol–water partition coefficient (Wildman–Crippen LogP) is 3.09. The van der Waals surface area contributed by atoms with Crippen molar-refractivity contribution in [3.63, 3.8) is 0 Å². The molecule has 0 aliphatic heterocycles. The number of benzene rings is 1. The number of aromatic nitrogens is 1. The monoisotopic (exact) mass is 266 g/mol. The first-order chi connectivity index (χ1) is 8.30. The zero-order valence-corrected chi connectivity index (χ0v) is 11.6. The van der Waals surface area contributed by atoms with Crippen LogP contribution in [0.5, 0.6) is 0 Å². The Morgan fingerprint density at radius 3 is 2.28 bits per heavy atom. The molecule has 0 unspecified atom stereocenters. The molecule has 96 valence electrons. The highest BCUT2D eigenvalue weighted by molar-refractivity contribution is 6.88. The van der Waals surface area contributed by atoms with Crippen molar-refractivity contribution in [1.82, 2.24) is 4.98 Å². The molecule has 0 fully saturated rings. The van der Waals surface area contributed by atoms with Crippen molar-refractivity contribution in [3.8, 4) is 11.3 Å². The molecular formula is C13H16F2N2Si. The molecule has 1 heterocycles. The summed E-state index contributed by atoms with van der Waals surface area (Å²) in [5.74, 6) is -0.803. The number of nitrogens with two attached hydrogens (primary N) is 1.